The first-order valence-corrected chi connectivity index (χ1v) is 8.64. The molecule has 1 saturated heterocycles. The van der Waals surface area contributed by atoms with E-state index in [1.807, 2.05) is 25.1 Å². The number of piperidine rings is 1. The molecule has 0 amide bonds. The van der Waals surface area contributed by atoms with Gasteiger partial charge >= 0.3 is 0 Å². The lowest BCUT2D eigenvalue weighted by Crippen LogP contribution is -2.33. The van der Waals surface area contributed by atoms with Gasteiger partial charge in [-0.1, -0.05) is 10.3 Å². The van der Waals surface area contributed by atoms with Gasteiger partial charge in [-0.2, -0.15) is 4.98 Å². The number of rotatable bonds is 5. The van der Waals surface area contributed by atoms with E-state index in [1.54, 1.807) is 12.4 Å². The van der Waals surface area contributed by atoms with Gasteiger partial charge in [-0.15, -0.1) is 0 Å². The van der Waals surface area contributed by atoms with E-state index in [0.29, 0.717) is 11.8 Å². The summed E-state index contributed by atoms with van der Waals surface area (Å²) in [6, 6.07) is 5.89. The quantitative estimate of drug-likeness (QED) is 0.707. The molecule has 0 spiro atoms. The van der Waals surface area contributed by atoms with Crippen molar-refractivity contribution in [1.29, 1.82) is 0 Å². The molecule has 130 valence electrons. The van der Waals surface area contributed by atoms with E-state index in [0.717, 1.165) is 61.7 Å². The monoisotopic (exact) mass is 339 g/mol. The summed E-state index contributed by atoms with van der Waals surface area (Å²) in [4.78, 5) is 10.8. The number of nitrogens with zero attached hydrogens (tertiary/aromatic N) is 5. The predicted octanol–water partition coefficient (Wildman–Crippen LogP) is 2.88. The van der Waals surface area contributed by atoms with Crippen molar-refractivity contribution in [2.24, 2.45) is 5.92 Å². The number of hydrogen-bond acceptors (Lipinski definition) is 7. The van der Waals surface area contributed by atoms with Crippen LogP contribution >= 0.6 is 0 Å². The highest BCUT2D eigenvalue weighted by Gasteiger charge is 2.22. The molecule has 4 heterocycles. The van der Waals surface area contributed by atoms with Gasteiger partial charge in [0.25, 0.3) is 0 Å². The molecule has 0 radical (unpaired) electrons. The van der Waals surface area contributed by atoms with Crippen molar-refractivity contribution in [3.63, 3.8) is 0 Å². The minimum Gasteiger partial charge on any atom is -0.359 e. The van der Waals surface area contributed by atoms with E-state index < -0.39 is 0 Å². The molecule has 0 unspecified atom stereocenters. The van der Waals surface area contributed by atoms with Crippen LogP contribution in [0.5, 0.6) is 0 Å². The second kappa shape index (κ2) is 7.14. The zero-order valence-electron chi connectivity index (χ0n) is 14.3. The van der Waals surface area contributed by atoms with Gasteiger partial charge in [-0.25, -0.2) is 0 Å². The maximum Gasteiger partial charge on any atom is 0.223 e. The minimum absolute atomic E-state index is 0.619. The molecule has 3 aromatic rings. The molecule has 4 rings (SSSR count). The first kappa shape index (κ1) is 16.0. The van der Waals surface area contributed by atoms with Gasteiger partial charge < -0.3 is 9.05 Å². The van der Waals surface area contributed by atoms with Gasteiger partial charge in [0.2, 0.25) is 5.89 Å². The first-order valence-electron chi connectivity index (χ1n) is 8.64. The molecule has 0 atom stereocenters. The molecule has 0 bridgehead atoms. The van der Waals surface area contributed by atoms with Crippen LogP contribution in [0, 0.1) is 12.8 Å². The lowest BCUT2D eigenvalue weighted by molar-refractivity contribution is 0.160. The van der Waals surface area contributed by atoms with Gasteiger partial charge in [0.1, 0.15) is 5.69 Å². The van der Waals surface area contributed by atoms with Crippen LogP contribution in [-0.4, -0.2) is 38.3 Å². The molecule has 3 aromatic heterocycles. The highest BCUT2D eigenvalue weighted by Crippen LogP contribution is 2.23. The van der Waals surface area contributed by atoms with Crippen LogP contribution in [0.1, 0.15) is 30.3 Å². The zero-order valence-corrected chi connectivity index (χ0v) is 14.3. The van der Waals surface area contributed by atoms with Crippen LogP contribution in [0.15, 0.2) is 39.6 Å². The van der Waals surface area contributed by atoms with Crippen molar-refractivity contribution >= 4 is 0 Å². The van der Waals surface area contributed by atoms with E-state index >= 15 is 0 Å². The Hall–Kier alpha value is -2.54. The average molecular weight is 339 g/mol. The molecule has 0 aliphatic carbocycles. The van der Waals surface area contributed by atoms with Gasteiger partial charge in [0.15, 0.2) is 11.6 Å². The molecule has 0 N–H and O–H groups in total. The Labute approximate surface area is 146 Å². The van der Waals surface area contributed by atoms with Gasteiger partial charge in [-0.3, -0.25) is 9.88 Å². The van der Waals surface area contributed by atoms with Crippen LogP contribution in [0.3, 0.4) is 0 Å². The largest absolute Gasteiger partial charge is 0.359 e. The summed E-state index contributed by atoms with van der Waals surface area (Å²) in [5.41, 5.74) is 1.82. The highest BCUT2D eigenvalue weighted by molar-refractivity contribution is 5.57. The van der Waals surface area contributed by atoms with E-state index in [9.17, 15) is 0 Å². The molecule has 7 nitrogen and oxygen atoms in total. The van der Waals surface area contributed by atoms with Crippen LogP contribution < -0.4 is 0 Å². The molecule has 25 heavy (non-hydrogen) atoms. The van der Waals surface area contributed by atoms with Gasteiger partial charge in [-0.05, 0) is 44.0 Å². The summed E-state index contributed by atoms with van der Waals surface area (Å²) in [5, 5.41) is 8.16. The Morgan fingerprint density at radius 3 is 2.80 bits per heavy atom. The predicted molar refractivity (Wildman–Crippen MR) is 90.5 cm³/mol. The van der Waals surface area contributed by atoms with E-state index in [2.05, 4.69) is 25.2 Å². The zero-order chi connectivity index (χ0) is 17.1. The molecule has 1 aliphatic rings. The first-order chi connectivity index (χ1) is 12.3. The third-order valence-corrected chi connectivity index (χ3v) is 4.64. The molecular weight excluding hydrogens is 318 g/mol. The van der Waals surface area contributed by atoms with Crippen molar-refractivity contribution < 1.29 is 9.05 Å². The third-order valence-electron chi connectivity index (χ3n) is 4.64. The second-order valence-corrected chi connectivity index (χ2v) is 6.57. The summed E-state index contributed by atoms with van der Waals surface area (Å²) in [5.74, 6) is 2.98. The number of hydrogen-bond donors (Lipinski definition) is 0. The summed E-state index contributed by atoms with van der Waals surface area (Å²) < 4.78 is 10.5. The van der Waals surface area contributed by atoms with Crippen LogP contribution in [-0.2, 0) is 13.0 Å². The molecule has 0 aromatic carbocycles. The maximum atomic E-state index is 5.50. The van der Waals surface area contributed by atoms with Gasteiger partial charge in [0, 0.05) is 37.4 Å². The fourth-order valence-corrected chi connectivity index (χ4v) is 3.29. The van der Waals surface area contributed by atoms with Gasteiger partial charge in [0.05, 0.1) is 6.54 Å². The summed E-state index contributed by atoms with van der Waals surface area (Å²) in [7, 11) is 0. The highest BCUT2D eigenvalue weighted by atomic mass is 16.5. The Balaban J connectivity index is 1.29. The van der Waals surface area contributed by atoms with Crippen molar-refractivity contribution in [3.05, 3.63) is 48.1 Å². The van der Waals surface area contributed by atoms with E-state index in [-0.39, 0.29) is 0 Å². The topological polar surface area (TPSA) is 81.1 Å². The normalized spacial score (nSPS) is 16.4. The minimum atomic E-state index is 0.619. The summed E-state index contributed by atoms with van der Waals surface area (Å²) in [6.07, 6.45) is 6.73. The number of aryl methyl sites for hydroxylation is 1. The van der Waals surface area contributed by atoms with E-state index in [1.165, 1.54) is 0 Å². The molecular formula is C18H21N5O2. The Morgan fingerprint density at radius 1 is 1.20 bits per heavy atom. The standard InChI is InChI=1S/C18H21N5O2/c1-13-20-18(22-24-13)9-14-4-7-23(8-5-14)12-16-10-17(21-25-16)15-3-2-6-19-11-15/h2-3,6,10-11,14H,4-5,7-9,12H2,1H3. The Kier molecular flexibility index (Phi) is 4.56. The smallest absolute Gasteiger partial charge is 0.223 e. The van der Waals surface area contributed by atoms with Crippen molar-refractivity contribution in [2.45, 2.75) is 32.7 Å². The SMILES string of the molecule is Cc1nc(CC2CCN(Cc3cc(-c4cccnc4)no3)CC2)no1. The molecule has 1 fully saturated rings. The summed E-state index contributed by atoms with van der Waals surface area (Å²) >= 11 is 0. The lowest BCUT2D eigenvalue weighted by atomic mass is 9.93. The third kappa shape index (κ3) is 3.93. The van der Waals surface area contributed by atoms with Crippen LogP contribution in [0.4, 0.5) is 0 Å². The Morgan fingerprint density at radius 2 is 2.08 bits per heavy atom. The molecule has 7 heteroatoms. The fraction of sp³-hybridized carbons (Fsp3) is 0.444. The van der Waals surface area contributed by atoms with Crippen molar-refractivity contribution in [1.82, 2.24) is 25.2 Å². The summed E-state index contributed by atoms with van der Waals surface area (Å²) in [6.45, 7) is 4.71. The molecule has 0 saturated carbocycles. The van der Waals surface area contributed by atoms with Crippen molar-refractivity contribution in [3.8, 4) is 11.3 Å². The number of pyridine rings is 1. The average Bonchev–Trinajstić information content (AvgIpc) is 3.27. The van der Waals surface area contributed by atoms with Crippen molar-refractivity contribution in [2.75, 3.05) is 13.1 Å². The second-order valence-electron chi connectivity index (χ2n) is 6.57. The maximum absolute atomic E-state index is 5.50. The van der Waals surface area contributed by atoms with Crippen LogP contribution in [0.2, 0.25) is 0 Å². The Bertz CT molecular complexity index is 806. The van der Waals surface area contributed by atoms with Crippen LogP contribution in [0.25, 0.3) is 11.3 Å². The lowest BCUT2D eigenvalue weighted by Gasteiger charge is -2.30. The molecule has 1 aliphatic heterocycles. The number of aromatic nitrogens is 4. The number of likely N-dealkylation sites (tertiary alicyclic amines) is 1. The fourth-order valence-electron chi connectivity index (χ4n) is 3.29. The van der Waals surface area contributed by atoms with E-state index in [4.69, 9.17) is 9.05 Å².